The summed E-state index contributed by atoms with van der Waals surface area (Å²) in [7, 11) is 1.52. The molecule has 2 aliphatic rings. The van der Waals surface area contributed by atoms with Crippen LogP contribution in [0.15, 0.2) is 41.5 Å². The first-order valence-electron chi connectivity index (χ1n) is 8.95. The molecule has 28 heavy (non-hydrogen) atoms. The Bertz CT molecular complexity index is 963. The first-order valence-corrected chi connectivity index (χ1v) is 8.95. The van der Waals surface area contributed by atoms with Crippen LogP contribution < -0.4 is 15.8 Å². The lowest BCUT2D eigenvalue weighted by Crippen LogP contribution is -2.52. The molecule has 0 fully saturated rings. The summed E-state index contributed by atoms with van der Waals surface area (Å²) in [5, 5.41) is 2.80. The van der Waals surface area contributed by atoms with Gasteiger partial charge < -0.3 is 15.8 Å². The number of anilines is 1. The maximum atomic E-state index is 14.4. The summed E-state index contributed by atoms with van der Waals surface area (Å²) in [4.78, 5) is 20.8. The van der Waals surface area contributed by atoms with Gasteiger partial charge in [-0.05, 0) is 48.2 Å². The number of nitrogens with zero attached hydrogens (tertiary/aromatic N) is 2. The average molecular weight is 386 g/mol. The van der Waals surface area contributed by atoms with Gasteiger partial charge in [0, 0.05) is 12.1 Å². The second kappa shape index (κ2) is 6.54. The monoisotopic (exact) mass is 386 g/mol. The number of nitrogens with one attached hydrogen (secondary N) is 1. The highest BCUT2D eigenvalue weighted by Crippen LogP contribution is 2.50. The van der Waals surface area contributed by atoms with Crippen molar-refractivity contribution < 1.29 is 18.3 Å². The van der Waals surface area contributed by atoms with Crippen molar-refractivity contribution in [2.45, 2.75) is 30.5 Å². The van der Waals surface area contributed by atoms with Gasteiger partial charge in [0.25, 0.3) is 5.91 Å². The van der Waals surface area contributed by atoms with E-state index in [2.05, 4.69) is 15.3 Å². The van der Waals surface area contributed by atoms with Crippen molar-refractivity contribution in [3.63, 3.8) is 0 Å². The number of benzene rings is 1. The van der Waals surface area contributed by atoms with Crippen molar-refractivity contribution in [2.24, 2.45) is 10.7 Å². The third kappa shape index (κ3) is 2.89. The van der Waals surface area contributed by atoms with Gasteiger partial charge in [-0.2, -0.15) is 0 Å². The van der Waals surface area contributed by atoms with E-state index in [0.717, 1.165) is 11.1 Å². The van der Waals surface area contributed by atoms with Gasteiger partial charge in [-0.25, -0.2) is 13.8 Å². The van der Waals surface area contributed by atoms with Crippen LogP contribution in [0.3, 0.4) is 0 Å². The molecule has 0 saturated heterocycles. The van der Waals surface area contributed by atoms with Crippen molar-refractivity contribution >= 4 is 17.4 Å². The zero-order chi connectivity index (χ0) is 19.9. The van der Waals surface area contributed by atoms with Gasteiger partial charge in [-0.1, -0.05) is 6.07 Å². The molecule has 0 radical (unpaired) electrons. The molecule has 8 heteroatoms. The first kappa shape index (κ1) is 18.3. The highest BCUT2D eigenvalue weighted by Gasteiger charge is 2.50. The molecule has 2 aromatic rings. The molecular formula is C20H20F2N4O2. The maximum absolute atomic E-state index is 14.4. The quantitative estimate of drug-likeness (QED) is 0.846. The van der Waals surface area contributed by atoms with Crippen LogP contribution in [-0.4, -0.2) is 36.2 Å². The number of ether oxygens (including phenoxy) is 1. The Balaban J connectivity index is 1.56. The minimum absolute atomic E-state index is 0.00930. The standard InChI is InChI=1S/C20H20F2N4O2/c1-28-14-4-5-16(24-10-14)17(27)25-13-3-2-12-9-20(15(12)8-13)7-6-19(22,11-21)18(23)26-20/h2-5,8,10H,6-7,9,11H2,1H3,(H2,23,26)(H,25,27)/t19-,20-/m1/s1. The maximum Gasteiger partial charge on any atom is 0.274 e. The molecule has 1 aromatic heterocycles. The molecule has 0 unspecified atom stereocenters. The molecule has 1 spiro atoms. The summed E-state index contributed by atoms with van der Waals surface area (Å²) in [6.07, 6.45) is 2.46. The molecular weight excluding hydrogens is 366 g/mol. The molecule has 1 aliphatic heterocycles. The summed E-state index contributed by atoms with van der Waals surface area (Å²) in [6.45, 7) is -1.17. The molecule has 146 valence electrons. The molecule has 1 aliphatic carbocycles. The van der Waals surface area contributed by atoms with E-state index in [1.54, 1.807) is 18.2 Å². The van der Waals surface area contributed by atoms with Gasteiger partial charge >= 0.3 is 0 Å². The van der Waals surface area contributed by atoms with Gasteiger partial charge in [0.15, 0.2) is 5.67 Å². The third-order valence-electron chi connectivity index (χ3n) is 5.50. The van der Waals surface area contributed by atoms with Crippen molar-refractivity contribution in [3.05, 3.63) is 53.3 Å². The lowest BCUT2D eigenvalue weighted by Gasteiger charge is -2.46. The molecule has 2 atom stereocenters. The molecule has 6 nitrogen and oxygen atoms in total. The first-order chi connectivity index (χ1) is 13.4. The van der Waals surface area contributed by atoms with Crippen LogP contribution in [0.25, 0.3) is 0 Å². The molecule has 4 rings (SSSR count). The van der Waals surface area contributed by atoms with Crippen molar-refractivity contribution in [3.8, 4) is 5.75 Å². The summed E-state index contributed by atoms with van der Waals surface area (Å²) in [5.41, 5.74) is 5.70. The Hall–Kier alpha value is -3.03. The van der Waals surface area contributed by atoms with E-state index in [-0.39, 0.29) is 23.9 Å². The van der Waals surface area contributed by atoms with E-state index < -0.39 is 17.9 Å². The number of carbonyl (C=O) groups is 1. The molecule has 2 heterocycles. The van der Waals surface area contributed by atoms with E-state index in [1.165, 1.54) is 13.3 Å². The van der Waals surface area contributed by atoms with Gasteiger partial charge in [-0.15, -0.1) is 0 Å². The van der Waals surface area contributed by atoms with E-state index in [1.807, 2.05) is 12.1 Å². The highest BCUT2D eigenvalue weighted by molar-refractivity contribution is 6.03. The number of aromatic nitrogens is 1. The lowest BCUT2D eigenvalue weighted by atomic mass is 9.66. The van der Waals surface area contributed by atoms with E-state index in [4.69, 9.17) is 10.5 Å². The van der Waals surface area contributed by atoms with E-state index in [9.17, 15) is 13.6 Å². The summed E-state index contributed by atoms with van der Waals surface area (Å²) in [5.74, 6) is -0.0869. The number of amides is 1. The van der Waals surface area contributed by atoms with Gasteiger partial charge in [0.1, 0.15) is 24.0 Å². The van der Waals surface area contributed by atoms with Gasteiger partial charge in [0.2, 0.25) is 0 Å². The van der Waals surface area contributed by atoms with Crippen molar-refractivity contribution in [1.82, 2.24) is 4.98 Å². The van der Waals surface area contributed by atoms with E-state index >= 15 is 0 Å². The normalized spacial score (nSPS) is 25.5. The molecule has 0 bridgehead atoms. The summed E-state index contributed by atoms with van der Waals surface area (Å²) < 4.78 is 32.4. The summed E-state index contributed by atoms with van der Waals surface area (Å²) >= 11 is 0. The minimum Gasteiger partial charge on any atom is -0.495 e. The topological polar surface area (TPSA) is 89.6 Å². The molecule has 1 aromatic carbocycles. The zero-order valence-electron chi connectivity index (χ0n) is 15.3. The predicted molar refractivity (Wildman–Crippen MR) is 101 cm³/mol. The molecule has 0 saturated carbocycles. The van der Waals surface area contributed by atoms with Crippen LogP contribution in [0.2, 0.25) is 0 Å². The smallest absolute Gasteiger partial charge is 0.274 e. The number of fused-ring (bicyclic) bond motifs is 2. The summed E-state index contributed by atoms with van der Waals surface area (Å²) in [6, 6.07) is 8.74. The zero-order valence-corrected chi connectivity index (χ0v) is 15.3. The fourth-order valence-corrected chi connectivity index (χ4v) is 3.75. The van der Waals surface area contributed by atoms with Crippen LogP contribution in [0.4, 0.5) is 14.5 Å². The number of amidine groups is 1. The van der Waals surface area contributed by atoms with Crippen LogP contribution >= 0.6 is 0 Å². The van der Waals surface area contributed by atoms with Crippen LogP contribution in [0.5, 0.6) is 5.75 Å². The number of rotatable bonds is 4. The second-order valence-electron chi connectivity index (χ2n) is 7.21. The number of pyridine rings is 1. The Morgan fingerprint density at radius 3 is 2.79 bits per heavy atom. The third-order valence-corrected chi connectivity index (χ3v) is 5.50. The fourth-order valence-electron chi connectivity index (χ4n) is 3.75. The Morgan fingerprint density at radius 1 is 1.32 bits per heavy atom. The largest absolute Gasteiger partial charge is 0.495 e. The van der Waals surface area contributed by atoms with Gasteiger partial charge in [0.05, 0.1) is 18.8 Å². The van der Waals surface area contributed by atoms with E-state index in [0.29, 0.717) is 24.3 Å². The lowest BCUT2D eigenvalue weighted by molar-refractivity contribution is 0.102. The number of nitrogens with two attached hydrogens (primary N) is 1. The van der Waals surface area contributed by atoms with Crippen LogP contribution in [0, 0.1) is 0 Å². The van der Waals surface area contributed by atoms with Gasteiger partial charge in [-0.3, -0.25) is 9.79 Å². The Kier molecular flexibility index (Phi) is 4.28. The average Bonchev–Trinajstić information content (AvgIpc) is 2.71. The molecule has 1 amide bonds. The SMILES string of the molecule is COc1ccc(C(=O)Nc2ccc3c(c2)[C@@]2(CC[C@@](F)(CF)C(N)=N2)C3)nc1. The Labute approximate surface area is 160 Å². The molecule has 3 N–H and O–H groups in total. The number of methoxy groups -OCH3 is 1. The number of aliphatic imine (C=N–C) groups is 1. The number of carbonyl (C=O) groups excluding carboxylic acids is 1. The Morgan fingerprint density at radius 2 is 2.14 bits per heavy atom. The fraction of sp³-hybridized carbons (Fsp3) is 0.350. The number of hydrogen-bond acceptors (Lipinski definition) is 5. The predicted octanol–water partition coefficient (Wildman–Crippen LogP) is 2.92. The highest BCUT2D eigenvalue weighted by atomic mass is 19.2. The number of hydrogen-bond donors (Lipinski definition) is 2. The number of alkyl halides is 2. The second-order valence-corrected chi connectivity index (χ2v) is 7.21. The van der Waals surface area contributed by atoms with Crippen molar-refractivity contribution in [2.75, 3.05) is 19.1 Å². The van der Waals surface area contributed by atoms with Crippen molar-refractivity contribution in [1.29, 1.82) is 0 Å². The van der Waals surface area contributed by atoms with Crippen LogP contribution in [-0.2, 0) is 12.0 Å². The number of halogens is 2. The van der Waals surface area contributed by atoms with Crippen LogP contribution in [0.1, 0.15) is 34.5 Å². The minimum atomic E-state index is -2.17.